The Kier molecular flexibility index (Phi) is 6.17. The smallest absolute Gasteiger partial charge is 0.336 e. The highest BCUT2D eigenvalue weighted by Gasteiger charge is 2.30. The molecule has 2 amide bonds. The number of amides is 2. The number of benzene rings is 1. The van der Waals surface area contributed by atoms with E-state index in [4.69, 9.17) is 0 Å². The Bertz CT molecular complexity index is 671. The Balaban J connectivity index is 2.04. The molecule has 1 aromatic carbocycles. The average molecular weight is 346 g/mol. The second-order valence-electron chi connectivity index (χ2n) is 6.76. The SMILES string of the molecule is CCC(C)C(=O)N1CCCC(C(=O)Nc2ccc(C)c(C(=O)O)c2)C1. The summed E-state index contributed by atoms with van der Waals surface area (Å²) < 4.78 is 0. The fourth-order valence-corrected chi connectivity index (χ4v) is 3.05. The van der Waals surface area contributed by atoms with E-state index in [1.165, 1.54) is 6.07 Å². The van der Waals surface area contributed by atoms with Gasteiger partial charge in [0.2, 0.25) is 11.8 Å². The Morgan fingerprint density at radius 3 is 2.72 bits per heavy atom. The lowest BCUT2D eigenvalue weighted by molar-refractivity contribution is -0.138. The van der Waals surface area contributed by atoms with Gasteiger partial charge >= 0.3 is 5.97 Å². The summed E-state index contributed by atoms with van der Waals surface area (Å²) in [6.07, 6.45) is 2.32. The molecule has 0 radical (unpaired) electrons. The number of aromatic carboxylic acids is 1. The minimum Gasteiger partial charge on any atom is -0.478 e. The minimum atomic E-state index is -1.02. The molecule has 2 atom stereocenters. The summed E-state index contributed by atoms with van der Waals surface area (Å²) in [6.45, 7) is 6.72. The second-order valence-corrected chi connectivity index (χ2v) is 6.76. The van der Waals surface area contributed by atoms with E-state index in [1.54, 1.807) is 24.0 Å². The number of hydrogen-bond acceptors (Lipinski definition) is 3. The van der Waals surface area contributed by atoms with Crippen LogP contribution in [-0.2, 0) is 9.59 Å². The van der Waals surface area contributed by atoms with Crippen molar-refractivity contribution in [3.8, 4) is 0 Å². The van der Waals surface area contributed by atoms with Gasteiger partial charge in [-0.05, 0) is 43.9 Å². The Morgan fingerprint density at radius 1 is 1.36 bits per heavy atom. The zero-order valence-electron chi connectivity index (χ0n) is 15.0. The molecule has 0 spiro atoms. The van der Waals surface area contributed by atoms with Gasteiger partial charge < -0.3 is 15.3 Å². The number of anilines is 1. The molecule has 136 valence electrons. The van der Waals surface area contributed by atoms with Gasteiger partial charge in [-0.15, -0.1) is 0 Å². The summed E-state index contributed by atoms with van der Waals surface area (Å²) >= 11 is 0. The summed E-state index contributed by atoms with van der Waals surface area (Å²) in [4.78, 5) is 37.9. The van der Waals surface area contributed by atoms with Crippen molar-refractivity contribution in [3.63, 3.8) is 0 Å². The molecule has 1 saturated heterocycles. The molecular weight excluding hydrogens is 320 g/mol. The lowest BCUT2D eigenvalue weighted by Gasteiger charge is -2.33. The van der Waals surface area contributed by atoms with Gasteiger partial charge in [0.05, 0.1) is 11.5 Å². The Morgan fingerprint density at radius 2 is 2.08 bits per heavy atom. The maximum Gasteiger partial charge on any atom is 0.336 e. The first-order chi connectivity index (χ1) is 11.8. The summed E-state index contributed by atoms with van der Waals surface area (Å²) in [5.74, 6) is -1.38. The summed E-state index contributed by atoms with van der Waals surface area (Å²) in [7, 11) is 0. The number of hydrogen-bond donors (Lipinski definition) is 2. The van der Waals surface area contributed by atoms with E-state index in [0.717, 1.165) is 19.3 Å². The molecule has 2 unspecified atom stereocenters. The van der Waals surface area contributed by atoms with Gasteiger partial charge in [-0.2, -0.15) is 0 Å². The van der Waals surface area contributed by atoms with Crippen LogP contribution in [-0.4, -0.2) is 40.9 Å². The maximum atomic E-state index is 12.5. The van der Waals surface area contributed by atoms with E-state index in [2.05, 4.69) is 5.32 Å². The standard InChI is InChI=1S/C19H26N2O4/c1-4-12(2)18(23)21-9-5-6-14(11-21)17(22)20-15-8-7-13(3)16(10-15)19(24)25/h7-8,10,12,14H,4-6,9,11H2,1-3H3,(H,20,22)(H,24,25). The average Bonchev–Trinajstić information content (AvgIpc) is 2.61. The first kappa shape index (κ1) is 19.0. The first-order valence-electron chi connectivity index (χ1n) is 8.77. The van der Waals surface area contributed by atoms with Crippen LogP contribution in [0.3, 0.4) is 0 Å². The number of carboxylic acids is 1. The van der Waals surface area contributed by atoms with E-state index in [1.807, 2.05) is 13.8 Å². The van der Waals surface area contributed by atoms with Crippen LogP contribution in [0.4, 0.5) is 5.69 Å². The molecule has 1 aromatic rings. The monoisotopic (exact) mass is 346 g/mol. The molecule has 6 heteroatoms. The summed E-state index contributed by atoms with van der Waals surface area (Å²) in [5, 5.41) is 12.0. The van der Waals surface area contributed by atoms with Crippen molar-refractivity contribution in [2.24, 2.45) is 11.8 Å². The maximum absolute atomic E-state index is 12.5. The number of rotatable bonds is 5. The predicted octanol–water partition coefficient (Wildman–Crippen LogP) is 2.92. The highest BCUT2D eigenvalue weighted by Crippen LogP contribution is 2.22. The number of carboxylic acid groups (broad SMARTS) is 1. The third kappa shape index (κ3) is 4.59. The van der Waals surface area contributed by atoms with Gasteiger partial charge in [-0.25, -0.2) is 4.79 Å². The van der Waals surface area contributed by atoms with Crippen molar-refractivity contribution in [1.29, 1.82) is 0 Å². The normalized spacial score (nSPS) is 18.5. The molecule has 6 nitrogen and oxygen atoms in total. The Labute approximate surface area is 148 Å². The number of carbonyl (C=O) groups is 3. The van der Waals surface area contributed by atoms with E-state index < -0.39 is 5.97 Å². The second kappa shape index (κ2) is 8.14. The van der Waals surface area contributed by atoms with Gasteiger partial charge in [0.1, 0.15) is 0 Å². The van der Waals surface area contributed by atoms with Crippen LogP contribution in [0, 0.1) is 18.8 Å². The molecule has 1 aliphatic rings. The van der Waals surface area contributed by atoms with Crippen LogP contribution >= 0.6 is 0 Å². The van der Waals surface area contributed by atoms with Crippen molar-refractivity contribution in [1.82, 2.24) is 4.90 Å². The van der Waals surface area contributed by atoms with Crippen LogP contribution in [0.2, 0.25) is 0 Å². The van der Waals surface area contributed by atoms with Crippen molar-refractivity contribution in [2.75, 3.05) is 18.4 Å². The molecule has 0 aromatic heterocycles. The number of carbonyl (C=O) groups excluding carboxylic acids is 2. The molecule has 1 heterocycles. The van der Waals surface area contributed by atoms with Gasteiger partial charge in [0.25, 0.3) is 0 Å². The molecule has 0 saturated carbocycles. The molecule has 2 N–H and O–H groups in total. The van der Waals surface area contributed by atoms with Crippen molar-refractivity contribution in [2.45, 2.75) is 40.0 Å². The molecule has 0 bridgehead atoms. The summed E-state index contributed by atoms with van der Waals surface area (Å²) in [5.41, 5.74) is 1.29. The quantitative estimate of drug-likeness (QED) is 0.858. The highest BCUT2D eigenvalue weighted by molar-refractivity contribution is 5.96. The zero-order chi connectivity index (χ0) is 18.6. The summed E-state index contributed by atoms with van der Waals surface area (Å²) in [6, 6.07) is 4.85. The first-order valence-corrected chi connectivity index (χ1v) is 8.77. The molecular formula is C19H26N2O4. The van der Waals surface area contributed by atoms with Crippen LogP contribution in [0.25, 0.3) is 0 Å². The van der Waals surface area contributed by atoms with E-state index >= 15 is 0 Å². The molecule has 1 fully saturated rings. The topological polar surface area (TPSA) is 86.7 Å². The Hall–Kier alpha value is -2.37. The third-order valence-electron chi connectivity index (χ3n) is 4.87. The van der Waals surface area contributed by atoms with E-state index in [9.17, 15) is 19.5 Å². The van der Waals surface area contributed by atoms with Gasteiger partial charge in [0, 0.05) is 24.7 Å². The van der Waals surface area contributed by atoms with Crippen LogP contribution in [0.5, 0.6) is 0 Å². The minimum absolute atomic E-state index is 0.0305. The molecule has 1 aliphatic heterocycles. The number of piperidine rings is 1. The van der Waals surface area contributed by atoms with Crippen LogP contribution in [0.15, 0.2) is 18.2 Å². The van der Waals surface area contributed by atoms with E-state index in [-0.39, 0.29) is 29.2 Å². The number of nitrogens with zero attached hydrogens (tertiary/aromatic N) is 1. The fourth-order valence-electron chi connectivity index (χ4n) is 3.05. The third-order valence-corrected chi connectivity index (χ3v) is 4.87. The van der Waals surface area contributed by atoms with Crippen molar-refractivity contribution >= 4 is 23.5 Å². The lowest BCUT2D eigenvalue weighted by atomic mass is 9.95. The van der Waals surface area contributed by atoms with Gasteiger partial charge in [-0.1, -0.05) is 19.9 Å². The fraction of sp³-hybridized carbons (Fsp3) is 0.526. The molecule has 2 rings (SSSR count). The predicted molar refractivity (Wildman–Crippen MR) is 95.5 cm³/mol. The number of nitrogens with one attached hydrogen (secondary N) is 1. The van der Waals surface area contributed by atoms with Crippen LogP contribution < -0.4 is 5.32 Å². The number of likely N-dealkylation sites (tertiary alicyclic amines) is 1. The zero-order valence-corrected chi connectivity index (χ0v) is 15.0. The largest absolute Gasteiger partial charge is 0.478 e. The van der Waals surface area contributed by atoms with Gasteiger partial charge in [-0.3, -0.25) is 9.59 Å². The molecule has 0 aliphatic carbocycles. The van der Waals surface area contributed by atoms with Gasteiger partial charge in [0.15, 0.2) is 0 Å². The molecule has 25 heavy (non-hydrogen) atoms. The van der Waals surface area contributed by atoms with E-state index in [0.29, 0.717) is 24.3 Å². The van der Waals surface area contributed by atoms with Crippen molar-refractivity contribution < 1.29 is 19.5 Å². The van der Waals surface area contributed by atoms with Crippen LogP contribution in [0.1, 0.15) is 49.0 Å². The number of aryl methyl sites for hydroxylation is 1. The highest BCUT2D eigenvalue weighted by atomic mass is 16.4. The van der Waals surface area contributed by atoms with Crippen molar-refractivity contribution in [3.05, 3.63) is 29.3 Å². The lowest BCUT2D eigenvalue weighted by Crippen LogP contribution is -2.45.